The summed E-state index contributed by atoms with van der Waals surface area (Å²) in [6.45, 7) is 3.31. The van der Waals surface area contributed by atoms with Crippen LogP contribution in [0.15, 0.2) is 24.3 Å². The molecule has 62 valence electrons. The molecule has 0 unspecified atom stereocenters. The summed E-state index contributed by atoms with van der Waals surface area (Å²) in [5.74, 6) is 0. The molecule has 0 aliphatic heterocycles. The van der Waals surface area contributed by atoms with Crippen LogP contribution >= 0.6 is 0 Å². The van der Waals surface area contributed by atoms with Gasteiger partial charge in [-0.25, -0.2) is 0 Å². The number of hydrogen-bond donors (Lipinski definition) is 1. The first-order chi connectivity index (χ1) is 5.83. The van der Waals surface area contributed by atoms with Crippen LogP contribution in [0.1, 0.15) is 17.5 Å². The van der Waals surface area contributed by atoms with Gasteiger partial charge in [-0.05, 0) is 0 Å². The molecule has 1 nitrogen and oxygen atoms in total. The molecule has 1 aromatic carbocycles. The van der Waals surface area contributed by atoms with Crippen LogP contribution in [0, 0.1) is 6.92 Å². The Hall–Kier alpha value is 0.102. The van der Waals surface area contributed by atoms with Gasteiger partial charge in [-0.1, -0.05) is 0 Å². The van der Waals surface area contributed by atoms with Crippen LogP contribution in [0.2, 0.25) is 0 Å². The summed E-state index contributed by atoms with van der Waals surface area (Å²) in [5, 5.41) is 0. The Morgan fingerprint density at radius 2 is 1.92 bits per heavy atom. The Balaban J connectivity index is 2.37. The molecule has 1 rings (SSSR count). The van der Waals surface area contributed by atoms with Gasteiger partial charge in [0.05, 0.1) is 0 Å². The average molecular weight is 353 g/mol. The molecule has 0 heterocycles. The average Bonchev–Trinajstić information content (AvgIpc) is 2.09. The summed E-state index contributed by atoms with van der Waals surface area (Å²) < 4.78 is 3.32. The Morgan fingerprint density at radius 1 is 1.25 bits per heavy atom. The molecule has 0 atom stereocenters. The molecule has 12 heavy (non-hydrogen) atoms. The second-order valence-corrected chi connectivity index (χ2v) is 4.63. The zero-order valence-electron chi connectivity index (χ0n) is 7.51. The molecule has 2 heteroatoms. The van der Waals surface area contributed by atoms with E-state index in [2.05, 4.69) is 34.3 Å². The predicted molar refractivity (Wildman–Crippen MR) is 53.3 cm³/mol. The van der Waals surface area contributed by atoms with E-state index in [1.54, 1.807) is 0 Å². The van der Waals surface area contributed by atoms with Crippen molar-refractivity contribution >= 4 is 26.1 Å². The SMILES string of the molecule is Cc1ccc(CCC[NH][Tl])cc1. The second-order valence-electron chi connectivity index (χ2n) is 3.04. The van der Waals surface area contributed by atoms with Crippen LogP contribution in [0.5, 0.6) is 0 Å². The van der Waals surface area contributed by atoms with Crippen molar-refractivity contribution in [2.45, 2.75) is 19.8 Å². The van der Waals surface area contributed by atoms with Gasteiger partial charge in [0.25, 0.3) is 0 Å². The zero-order chi connectivity index (χ0) is 8.81. The van der Waals surface area contributed by atoms with Crippen molar-refractivity contribution in [2.24, 2.45) is 0 Å². The van der Waals surface area contributed by atoms with Crippen LogP contribution in [0.3, 0.4) is 0 Å². The van der Waals surface area contributed by atoms with Crippen molar-refractivity contribution < 1.29 is 0 Å². The first-order valence-corrected chi connectivity index (χ1v) is 6.56. The van der Waals surface area contributed by atoms with Gasteiger partial charge in [0.2, 0.25) is 0 Å². The number of aryl methyl sites for hydroxylation is 2. The van der Waals surface area contributed by atoms with Crippen molar-refractivity contribution in [3.05, 3.63) is 35.4 Å². The predicted octanol–water partition coefficient (Wildman–Crippen LogP) is 1.60. The first kappa shape index (κ1) is 10.2. The Kier molecular flexibility index (Phi) is 4.84. The molecule has 0 radical (unpaired) electrons. The van der Waals surface area contributed by atoms with E-state index in [-0.39, 0.29) is 0 Å². The summed E-state index contributed by atoms with van der Waals surface area (Å²) >= 11 is 0.938. The molecule has 0 bridgehead atoms. The van der Waals surface area contributed by atoms with E-state index in [0.29, 0.717) is 0 Å². The van der Waals surface area contributed by atoms with Crippen molar-refractivity contribution in [1.82, 2.24) is 3.13 Å². The third-order valence-corrected chi connectivity index (χ3v) is 3.03. The molecule has 1 aromatic rings. The van der Waals surface area contributed by atoms with E-state index in [9.17, 15) is 0 Å². The van der Waals surface area contributed by atoms with Gasteiger partial charge in [-0.3, -0.25) is 0 Å². The Labute approximate surface area is 90.7 Å². The van der Waals surface area contributed by atoms with Crippen LogP contribution in [-0.2, 0) is 6.42 Å². The number of rotatable bonds is 4. The maximum atomic E-state index is 3.32. The molecule has 0 amide bonds. The van der Waals surface area contributed by atoms with Gasteiger partial charge in [-0.15, -0.1) is 0 Å². The normalized spacial score (nSPS) is 10.0. The van der Waals surface area contributed by atoms with E-state index < -0.39 is 0 Å². The third kappa shape index (κ3) is 3.67. The summed E-state index contributed by atoms with van der Waals surface area (Å²) in [6.07, 6.45) is 2.47. The maximum absolute atomic E-state index is 3.32. The van der Waals surface area contributed by atoms with Gasteiger partial charge in [0.1, 0.15) is 0 Å². The molecule has 0 saturated heterocycles. The van der Waals surface area contributed by atoms with Crippen molar-refractivity contribution in [2.75, 3.05) is 6.54 Å². The van der Waals surface area contributed by atoms with Crippen molar-refractivity contribution in [1.29, 1.82) is 0 Å². The number of nitrogens with one attached hydrogen (secondary N) is 1. The third-order valence-electron chi connectivity index (χ3n) is 1.91. The molecular weight excluding hydrogens is 339 g/mol. The summed E-state index contributed by atoms with van der Waals surface area (Å²) in [6, 6.07) is 8.83. The van der Waals surface area contributed by atoms with Crippen molar-refractivity contribution in [3.8, 4) is 0 Å². The standard InChI is InChI=1S/C10H14N.Tl/c1-9-4-6-10(7-5-9)3-2-8-11;/h4-7,11H,2-3,8H2,1H3;/q-1;+1. The van der Waals surface area contributed by atoms with Crippen LogP contribution in [0.25, 0.3) is 0 Å². The summed E-state index contributed by atoms with van der Waals surface area (Å²) in [7, 11) is 0. The van der Waals surface area contributed by atoms with Crippen LogP contribution < -0.4 is 3.13 Å². The van der Waals surface area contributed by atoms with E-state index in [0.717, 1.165) is 26.1 Å². The topological polar surface area (TPSA) is 12.0 Å². The van der Waals surface area contributed by atoms with Crippen LogP contribution in [0.4, 0.5) is 0 Å². The first-order valence-electron chi connectivity index (χ1n) is 4.32. The fourth-order valence-corrected chi connectivity index (χ4v) is 1.94. The van der Waals surface area contributed by atoms with Gasteiger partial charge in [-0.2, -0.15) is 0 Å². The monoisotopic (exact) mass is 353 g/mol. The van der Waals surface area contributed by atoms with Gasteiger partial charge >= 0.3 is 90.9 Å². The zero-order valence-corrected chi connectivity index (χ0v) is 12.0. The summed E-state index contributed by atoms with van der Waals surface area (Å²) in [4.78, 5) is 0. The van der Waals surface area contributed by atoms with Gasteiger partial charge in [0.15, 0.2) is 0 Å². The molecule has 0 aliphatic rings. The quantitative estimate of drug-likeness (QED) is 0.641. The fraction of sp³-hybridized carbons (Fsp3) is 0.400. The Morgan fingerprint density at radius 3 is 2.50 bits per heavy atom. The van der Waals surface area contributed by atoms with Crippen molar-refractivity contribution in [3.63, 3.8) is 0 Å². The molecule has 0 fully saturated rings. The molecule has 0 saturated carbocycles. The van der Waals surface area contributed by atoms with Gasteiger partial charge < -0.3 is 0 Å². The van der Waals surface area contributed by atoms with E-state index in [1.165, 1.54) is 30.5 Å². The van der Waals surface area contributed by atoms with E-state index in [4.69, 9.17) is 0 Å². The van der Waals surface area contributed by atoms with E-state index in [1.807, 2.05) is 0 Å². The Bertz CT molecular complexity index is 218. The molecule has 0 spiro atoms. The number of hydrogen-bond acceptors (Lipinski definition) is 1. The van der Waals surface area contributed by atoms with E-state index >= 15 is 0 Å². The number of benzene rings is 1. The molecule has 0 aliphatic carbocycles. The minimum atomic E-state index is 0.938. The minimum absolute atomic E-state index is 0.938. The molecular formula is C10H14NTl. The van der Waals surface area contributed by atoms with Gasteiger partial charge in [0, 0.05) is 0 Å². The van der Waals surface area contributed by atoms with Crippen LogP contribution in [-0.4, -0.2) is 32.6 Å². The fourth-order valence-electron chi connectivity index (χ4n) is 1.15. The second kappa shape index (κ2) is 5.70. The molecule has 0 aromatic heterocycles. The molecule has 1 N–H and O–H groups in total. The summed E-state index contributed by atoms with van der Waals surface area (Å²) in [5.41, 5.74) is 2.81.